The third-order valence-corrected chi connectivity index (χ3v) is 4.32. The first-order chi connectivity index (χ1) is 10.9. The lowest BCUT2D eigenvalue weighted by Gasteiger charge is -2.11. The van der Waals surface area contributed by atoms with Gasteiger partial charge in [-0.05, 0) is 51.4 Å². The summed E-state index contributed by atoms with van der Waals surface area (Å²) in [6, 6.07) is 17.9. The minimum atomic E-state index is -4.32. The Morgan fingerprint density at radius 2 is 1.13 bits per heavy atom. The maximum absolute atomic E-state index is 12.9. The Labute approximate surface area is 131 Å². The lowest BCUT2D eigenvalue weighted by atomic mass is 9.95. The molecule has 0 aliphatic rings. The Morgan fingerprint density at radius 1 is 0.609 bits per heavy atom. The minimum Gasteiger partial charge on any atom is -0.166 e. The van der Waals surface area contributed by atoms with Crippen molar-refractivity contribution >= 4 is 32.3 Å². The van der Waals surface area contributed by atoms with Gasteiger partial charge in [-0.3, -0.25) is 0 Å². The standard InChI is InChI=1S/C20H13F3/c1-12-2-6-16-13(10-12)3-7-19-17-9-5-15(20(21,22)23)11-14(17)4-8-18(16)19/h2-11H,1H3. The van der Waals surface area contributed by atoms with E-state index < -0.39 is 11.7 Å². The maximum Gasteiger partial charge on any atom is 0.416 e. The Kier molecular flexibility index (Phi) is 2.89. The average Bonchev–Trinajstić information content (AvgIpc) is 2.52. The molecule has 0 radical (unpaired) electrons. The molecule has 0 saturated carbocycles. The van der Waals surface area contributed by atoms with Crippen LogP contribution >= 0.6 is 0 Å². The van der Waals surface area contributed by atoms with E-state index in [-0.39, 0.29) is 0 Å². The molecule has 0 spiro atoms. The first kappa shape index (κ1) is 14.1. The topological polar surface area (TPSA) is 0 Å². The van der Waals surface area contributed by atoms with Crippen molar-refractivity contribution in [2.75, 3.05) is 0 Å². The number of hydrogen-bond donors (Lipinski definition) is 0. The molecule has 0 aromatic heterocycles. The molecule has 0 fully saturated rings. The molecule has 0 atom stereocenters. The molecule has 3 heteroatoms. The number of aryl methyl sites for hydroxylation is 1. The summed E-state index contributed by atoms with van der Waals surface area (Å²) in [5.41, 5.74) is 0.577. The molecule has 4 aromatic rings. The molecule has 0 heterocycles. The normalized spacial score (nSPS) is 12.3. The number of rotatable bonds is 0. The van der Waals surface area contributed by atoms with E-state index in [0.29, 0.717) is 5.39 Å². The van der Waals surface area contributed by atoms with Crippen molar-refractivity contribution in [3.63, 3.8) is 0 Å². The first-order valence-corrected chi connectivity index (χ1v) is 7.36. The van der Waals surface area contributed by atoms with Crippen LogP contribution in [0.2, 0.25) is 0 Å². The largest absolute Gasteiger partial charge is 0.416 e. The van der Waals surface area contributed by atoms with Crippen molar-refractivity contribution in [1.82, 2.24) is 0 Å². The van der Waals surface area contributed by atoms with Gasteiger partial charge in [0, 0.05) is 0 Å². The number of hydrogen-bond acceptors (Lipinski definition) is 0. The predicted octanol–water partition coefficient (Wildman–Crippen LogP) is 6.47. The van der Waals surface area contributed by atoms with Crippen LogP contribution in [0.1, 0.15) is 11.1 Å². The van der Waals surface area contributed by atoms with Crippen LogP contribution < -0.4 is 0 Å². The van der Waals surface area contributed by atoms with Gasteiger partial charge in [0.2, 0.25) is 0 Å². The summed E-state index contributed by atoms with van der Waals surface area (Å²) in [5, 5.41) is 5.76. The highest BCUT2D eigenvalue weighted by Crippen LogP contribution is 2.35. The number of benzene rings is 4. The first-order valence-electron chi connectivity index (χ1n) is 7.36. The van der Waals surface area contributed by atoms with Gasteiger partial charge in [0.1, 0.15) is 0 Å². The van der Waals surface area contributed by atoms with E-state index in [1.807, 2.05) is 25.1 Å². The van der Waals surface area contributed by atoms with E-state index in [4.69, 9.17) is 0 Å². The predicted molar refractivity (Wildman–Crippen MR) is 88.7 cm³/mol. The molecular weight excluding hydrogens is 297 g/mol. The SMILES string of the molecule is Cc1ccc2c(ccc3c4ccc(C(F)(F)F)cc4ccc23)c1. The van der Waals surface area contributed by atoms with Gasteiger partial charge in [-0.25, -0.2) is 0 Å². The van der Waals surface area contributed by atoms with Crippen LogP contribution in [0.15, 0.2) is 60.7 Å². The quantitative estimate of drug-likeness (QED) is 0.326. The monoisotopic (exact) mass is 310 g/mol. The van der Waals surface area contributed by atoms with Crippen molar-refractivity contribution < 1.29 is 13.2 Å². The molecule has 4 aromatic carbocycles. The zero-order valence-corrected chi connectivity index (χ0v) is 12.4. The minimum absolute atomic E-state index is 0.610. The summed E-state index contributed by atoms with van der Waals surface area (Å²) < 4.78 is 38.6. The van der Waals surface area contributed by atoms with Crippen LogP contribution in [-0.2, 0) is 6.18 Å². The van der Waals surface area contributed by atoms with Gasteiger partial charge < -0.3 is 0 Å². The van der Waals surface area contributed by atoms with Gasteiger partial charge in [0.05, 0.1) is 5.56 Å². The second-order valence-electron chi connectivity index (χ2n) is 5.88. The fourth-order valence-corrected chi connectivity index (χ4v) is 3.18. The van der Waals surface area contributed by atoms with E-state index in [2.05, 4.69) is 18.2 Å². The second-order valence-corrected chi connectivity index (χ2v) is 5.88. The van der Waals surface area contributed by atoms with Crippen LogP contribution in [0.4, 0.5) is 13.2 Å². The molecular formula is C20H13F3. The third kappa shape index (κ3) is 2.24. The molecule has 4 rings (SSSR count). The smallest absolute Gasteiger partial charge is 0.166 e. The summed E-state index contributed by atoms with van der Waals surface area (Å²) in [6.07, 6.45) is -4.32. The summed E-state index contributed by atoms with van der Waals surface area (Å²) >= 11 is 0. The highest BCUT2D eigenvalue weighted by atomic mass is 19.4. The van der Waals surface area contributed by atoms with Crippen molar-refractivity contribution in [3.8, 4) is 0 Å². The van der Waals surface area contributed by atoms with Crippen molar-refractivity contribution in [1.29, 1.82) is 0 Å². The molecule has 0 amide bonds. The third-order valence-electron chi connectivity index (χ3n) is 4.32. The molecule has 0 saturated heterocycles. The van der Waals surface area contributed by atoms with Crippen LogP contribution in [0.25, 0.3) is 32.3 Å². The Morgan fingerprint density at radius 3 is 1.74 bits per heavy atom. The van der Waals surface area contributed by atoms with Crippen molar-refractivity contribution in [2.45, 2.75) is 13.1 Å². The molecule has 0 aliphatic heterocycles. The Hall–Kier alpha value is -2.55. The van der Waals surface area contributed by atoms with Gasteiger partial charge >= 0.3 is 6.18 Å². The van der Waals surface area contributed by atoms with Gasteiger partial charge in [-0.15, -0.1) is 0 Å². The van der Waals surface area contributed by atoms with Gasteiger partial charge in [-0.1, -0.05) is 54.1 Å². The zero-order chi connectivity index (χ0) is 16.2. The second kappa shape index (κ2) is 4.72. The van der Waals surface area contributed by atoms with Crippen LogP contribution in [-0.4, -0.2) is 0 Å². The highest BCUT2D eigenvalue weighted by Gasteiger charge is 2.30. The molecule has 114 valence electrons. The van der Waals surface area contributed by atoms with Crippen LogP contribution in [0.5, 0.6) is 0 Å². The van der Waals surface area contributed by atoms with Gasteiger partial charge in [0.25, 0.3) is 0 Å². The van der Waals surface area contributed by atoms with Crippen LogP contribution in [0.3, 0.4) is 0 Å². The van der Waals surface area contributed by atoms with E-state index in [9.17, 15) is 13.2 Å². The number of alkyl halides is 3. The number of fused-ring (bicyclic) bond motifs is 5. The molecule has 0 N–H and O–H groups in total. The fourth-order valence-electron chi connectivity index (χ4n) is 3.18. The molecule has 0 unspecified atom stereocenters. The summed E-state index contributed by atoms with van der Waals surface area (Å²) in [7, 11) is 0. The van der Waals surface area contributed by atoms with Gasteiger partial charge in [0.15, 0.2) is 0 Å². The van der Waals surface area contributed by atoms with E-state index in [1.54, 1.807) is 12.1 Å². The number of halogens is 3. The van der Waals surface area contributed by atoms with E-state index >= 15 is 0 Å². The maximum atomic E-state index is 12.9. The van der Waals surface area contributed by atoms with Crippen molar-refractivity contribution in [3.05, 3.63) is 71.8 Å². The molecule has 23 heavy (non-hydrogen) atoms. The zero-order valence-electron chi connectivity index (χ0n) is 12.4. The van der Waals surface area contributed by atoms with E-state index in [0.717, 1.165) is 33.0 Å². The Bertz CT molecular complexity index is 1060. The molecule has 0 nitrogen and oxygen atoms in total. The molecule has 0 bridgehead atoms. The highest BCUT2D eigenvalue weighted by molar-refractivity contribution is 6.17. The lowest BCUT2D eigenvalue weighted by Crippen LogP contribution is -2.04. The average molecular weight is 310 g/mol. The van der Waals surface area contributed by atoms with Crippen molar-refractivity contribution in [2.24, 2.45) is 0 Å². The molecule has 0 aliphatic carbocycles. The van der Waals surface area contributed by atoms with Crippen LogP contribution in [0, 0.1) is 6.92 Å². The van der Waals surface area contributed by atoms with Gasteiger partial charge in [-0.2, -0.15) is 13.2 Å². The fraction of sp³-hybridized carbons (Fsp3) is 0.100. The van der Waals surface area contributed by atoms with E-state index in [1.165, 1.54) is 11.6 Å². The summed E-state index contributed by atoms with van der Waals surface area (Å²) in [5.74, 6) is 0. The summed E-state index contributed by atoms with van der Waals surface area (Å²) in [4.78, 5) is 0. The Balaban J connectivity index is 2.07. The summed E-state index contributed by atoms with van der Waals surface area (Å²) in [6.45, 7) is 2.04. The lowest BCUT2D eigenvalue weighted by molar-refractivity contribution is -0.137.